The number of fused-ring (bicyclic) bond motifs is 1. The number of carbonyl (C=O) groups is 2. The molecule has 2 heterocycles. The number of thiophene rings is 1. The topological polar surface area (TPSA) is 115 Å². The lowest BCUT2D eigenvalue weighted by Crippen LogP contribution is -2.27. The van der Waals surface area contributed by atoms with E-state index in [4.69, 9.17) is 0 Å². The Morgan fingerprint density at radius 1 is 1.16 bits per heavy atom. The summed E-state index contributed by atoms with van der Waals surface area (Å²) in [6.07, 6.45) is 0. The lowest BCUT2D eigenvalue weighted by atomic mass is 10.1. The number of aromatic carboxylic acids is 1. The van der Waals surface area contributed by atoms with Crippen molar-refractivity contribution in [1.29, 1.82) is 0 Å². The molecule has 0 fully saturated rings. The number of carboxylic acid groups (broad SMARTS) is 2. The number of benzene rings is 1. The second kappa shape index (κ2) is 7.08. The van der Waals surface area contributed by atoms with Crippen molar-refractivity contribution < 1.29 is 19.8 Å². The number of carbonyl (C=O) groups excluding carboxylic acids is 2. The van der Waals surface area contributed by atoms with Gasteiger partial charge in [-0.2, -0.15) is 0 Å². The van der Waals surface area contributed by atoms with E-state index in [-0.39, 0.29) is 28.6 Å². The van der Waals surface area contributed by atoms with Gasteiger partial charge in [-0.15, -0.1) is 11.3 Å². The maximum Gasteiger partial charge on any atom is 0.272 e. The van der Waals surface area contributed by atoms with E-state index in [0.717, 1.165) is 11.8 Å². The van der Waals surface area contributed by atoms with Crippen molar-refractivity contribution in [3.8, 4) is 0 Å². The molecule has 0 saturated carbocycles. The van der Waals surface area contributed by atoms with E-state index in [1.807, 2.05) is 0 Å². The quantitative estimate of drug-likeness (QED) is 0.430. The molecule has 0 bridgehead atoms. The first kappa shape index (κ1) is 17.2. The zero-order chi connectivity index (χ0) is 18.0. The summed E-state index contributed by atoms with van der Waals surface area (Å²) in [5, 5.41) is 23.5. The number of nitrogens with zero attached hydrogens (tertiary/aromatic N) is 2. The van der Waals surface area contributed by atoms with Gasteiger partial charge in [-0.05, 0) is 22.6 Å². The van der Waals surface area contributed by atoms with Gasteiger partial charge in [-0.3, -0.25) is 9.36 Å². The van der Waals surface area contributed by atoms with E-state index < -0.39 is 11.9 Å². The molecule has 0 aliphatic rings. The van der Waals surface area contributed by atoms with Crippen LogP contribution in [0.1, 0.15) is 15.9 Å². The number of hydrogen-bond acceptors (Lipinski definition) is 8. The third-order valence-electron chi connectivity index (χ3n) is 3.38. The van der Waals surface area contributed by atoms with Crippen LogP contribution in [0.2, 0.25) is 0 Å². The largest absolute Gasteiger partial charge is 0.549 e. The Balaban J connectivity index is 2.01. The molecule has 3 rings (SSSR count). The number of carboxylic acids is 2. The minimum absolute atomic E-state index is 0.0366. The summed E-state index contributed by atoms with van der Waals surface area (Å²) in [4.78, 5) is 38.6. The van der Waals surface area contributed by atoms with Gasteiger partial charge in [0.2, 0.25) is 0 Å². The van der Waals surface area contributed by atoms with Crippen molar-refractivity contribution in [1.82, 2.24) is 9.55 Å². The second-order valence-corrected chi connectivity index (χ2v) is 6.92. The molecule has 3 aromatic rings. The monoisotopic (exact) mass is 374 g/mol. The van der Waals surface area contributed by atoms with Crippen LogP contribution in [0.25, 0.3) is 10.2 Å². The van der Waals surface area contributed by atoms with Crippen molar-refractivity contribution in [3.63, 3.8) is 0 Å². The maximum absolute atomic E-state index is 12.7. The summed E-state index contributed by atoms with van der Waals surface area (Å²) < 4.78 is 1.85. The molecule has 2 aromatic heterocycles. The summed E-state index contributed by atoms with van der Waals surface area (Å²) in [6, 6.07) is 7.62. The fraction of sp³-hybridized carbons (Fsp3) is 0.125. The average Bonchev–Trinajstić information content (AvgIpc) is 3.05. The van der Waals surface area contributed by atoms with Crippen molar-refractivity contribution in [2.45, 2.75) is 11.7 Å². The van der Waals surface area contributed by atoms with Crippen molar-refractivity contribution >= 4 is 45.3 Å². The van der Waals surface area contributed by atoms with E-state index in [2.05, 4.69) is 4.98 Å². The van der Waals surface area contributed by atoms with Gasteiger partial charge in [-0.25, -0.2) is 4.98 Å². The van der Waals surface area contributed by atoms with Crippen LogP contribution >= 0.6 is 23.1 Å². The first-order valence-electron chi connectivity index (χ1n) is 7.06. The molecular weight excluding hydrogens is 364 g/mol. The Bertz CT molecular complexity index is 1010. The molecule has 0 aliphatic heterocycles. The summed E-state index contributed by atoms with van der Waals surface area (Å²) in [7, 11) is 0. The smallest absolute Gasteiger partial charge is 0.272 e. The average molecular weight is 374 g/mol. The molecule has 128 valence electrons. The molecule has 7 nitrogen and oxygen atoms in total. The zero-order valence-corrected chi connectivity index (χ0v) is 14.3. The Morgan fingerprint density at radius 2 is 1.88 bits per heavy atom. The number of rotatable bonds is 6. The molecule has 9 heteroatoms. The van der Waals surface area contributed by atoms with Crippen LogP contribution in [0, 0.1) is 0 Å². The molecule has 0 spiro atoms. The highest BCUT2D eigenvalue weighted by atomic mass is 32.2. The van der Waals surface area contributed by atoms with Crippen LogP contribution in [-0.2, 0) is 11.3 Å². The third kappa shape index (κ3) is 3.72. The van der Waals surface area contributed by atoms with E-state index in [1.165, 1.54) is 28.0 Å². The predicted octanol–water partition coefficient (Wildman–Crippen LogP) is -0.288. The SMILES string of the molecule is O=C([O-])CSc1nc2ccsc2c(=O)n1Cc1ccc(C(=O)[O-])cc1. The summed E-state index contributed by atoms with van der Waals surface area (Å²) in [6.45, 7) is 0.141. The molecule has 0 unspecified atom stereocenters. The van der Waals surface area contributed by atoms with Crippen molar-refractivity contribution in [2.75, 3.05) is 5.75 Å². The Labute approximate surface area is 149 Å². The zero-order valence-electron chi connectivity index (χ0n) is 12.6. The number of thioether (sulfide) groups is 1. The van der Waals surface area contributed by atoms with Gasteiger partial charge in [0.1, 0.15) is 4.70 Å². The Morgan fingerprint density at radius 3 is 2.52 bits per heavy atom. The van der Waals surface area contributed by atoms with Gasteiger partial charge in [0.05, 0.1) is 24.0 Å². The maximum atomic E-state index is 12.7. The molecule has 0 amide bonds. The highest BCUT2D eigenvalue weighted by molar-refractivity contribution is 7.99. The van der Waals surface area contributed by atoms with Gasteiger partial charge in [-0.1, -0.05) is 36.0 Å². The van der Waals surface area contributed by atoms with Crippen LogP contribution in [0.15, 0.2) is 45.7 Å². The van der Waals surface area contributed by atoms with Crippen LogP contribution in [0.5, 0.6) is 0 Å². The predicted molar refractivity (Wildman–Crippen MR) is 89.5 cm³/mol. The van der Waals surface area contributed by atoms with E-state index in [9.17, 15) is 24.6 Å². The Hall–Kier alpha value is -2.65. The van der Waals surface area contributed by atoms with Crippen molar-refractivity contribution in [2.24, 2.45) is 0 Å². The number of aliphatic carboxylic acids is 1. The van der Waals surface area contributed by atoms with Gasteiger partial charge >= 0.3 is 0 Å². The Kier molecular flexibility index (Phi) is 4.86. The van der Waals surface area contributed by atoms with Gasteiger partial charge in [0, 0.05) is 5.75 Å². The van der Waals surface area contributed by atoms with Crippen molar-refractivity contribution in [3.05, 3.63) is 57.2 Å². The van der Waals surface area contributed by atoms with Gasteiger partial charge in [0.25, 0.3) is 5.56 Å². The van der Waals surface area contributed by atoms with Gasteiger partial charge in [0.15, 0.2) is 5.16 Å². The van der Waals surface area contributed by atoms with Crippen LogP contribution in [0.3, 0.4) is 0 Å². The fourth-order valence-corrected chi connectivity index (χ4v) is 3.72. The van der Waals surface area contributed by atoms with Crippen LogP contribution in [-0.4, -0.2) is 27.2 Å². The second-order valence-electron chi connectivity index (χ2n) is 5.07. The molecule has 0 saturated heterocycles. The fourth-order valence-electron chi connectivity index (χ4n) is 2.23. The van der Waals surface area contributed by atoms with E-state index >= 15 is 0 Å². The number of aromatic nitrogens is 2. The van der Waals surface area contributed by atoms with Gasteiger partial charge < -0.3 is 19.8 Å². The highest BCUT2D eigenvalue weighted by Gasteiger charge is 2.13. The first-order valence-corrected chi connectivity index (χ1v) is 8.93. The molecule has 0 atom stereocenters. The van der Waals surface area contributed by atoms with Crippen LogP contribution in [0.4, 0.5) is 0 Å². The molecule has 0 N–H and O–H groups in total. The lowest BCUT2D eigenvalue weighted by molar-refractivity contribution is -0.301. The molecule has 0 radical (unpaired) electrons. The standard InChI is InChI=1S/C16H12N2O5S2/c19-12(20)8-25-16-17-11-5-6-24-13(11)14(21)18(16)7-9-1-3-10(4-2-9)15(22)23/h1-6H,7-8H2,(H,19,20)(H,22,23)/p-2. The lowest BCUT2D eigenvalue weighted by Gasteiger charge is -2.13. The molecule has 1 aromatic carbocycles. The highest BCUT2D eigenvalue weighted by Crippen LogP contribution is 2.21. The summed E-state index contributed by atoms with van der Waals surface area (Å²) in [5.41, 5.74) is 0.957. The van der Waals surface area contributed by atoms with E-state index in [0.29, 0.717) is 15.8 Å². The summed E-state index contributed by atoms with van der Waals surface area (Å²) >= 11 is 2.16. The summed E-state index contributed by atoms with van der Waals surface area (Å²) in [5.74, 6) is -2.86. The third-order valence-corrected chi connectivity index (χ3v) is 5.22. The van der Waals surface area contributed by atoms with E-state index in [1.54, 1.807) is 23.6 Å². The molecular formula is C16H10N2O5S2-2. The first-order chi connectivity index (χ1) is 12.0. The minimum atomic E-state index is -1.28. The normalized spacial score (nSPS) is 10.9. The number of hydrogen-bond donors (Lipinski definition) is 0. The molecule has 25 heavy (non-hydrogen) atoms. The molecule has 0 aliphatic carbocycles. The van der Waals surface area contributed by atoms with Crippen LogP contribution < -0.4 is 15.8 Å². The minimum Gasteiger partial charge on any atom is -0.549 e.